The molecule has 0 aliphatic heterocycles. The van der Waals surface area contributed by atoms with Crippen molar-refractivity contribution in [1.29, 1.82) is 0 Å². The molecule has 6 heteroatoms. The third-order valence-corrected chi connectivity index (χ3v) is 0. The van der Waals surface area contributed by atoms with E-state index in [2.05, 4.69) is 27.6 Å². The van der Waals surface area contributed by atoms with Gasteiger partial charge in [0.25, 0.3) is 0 Å². The Morgan fingerprint density at radius 2 is 1.00 bits per heavy atom. The Bertz CT molecular complexity index is 42.0. The van der Waals surface area contributed by atoms with Crippen LogP contribution in [0.15, 0.2) is 0 Å². The van der Waals surface area contributed by atoms with E-state index in [1.807, 2.05) is 0 Å². The summed E-state index contributed by atoms with van der Waals surface area (Å²) in [5, 5.41) is 0. The van der Waals surface area contributed by atoms with Gasteiger partial charge in [-0.2, -0.15) is 0 Å². The third-order valence-electron chi connectivity index (χ3n) is 0. The van der Waals surface area contributed by atoms with Gasteiger partial charge in [-0.3, -0.25) is 0 Å². The van der Waals surface area contributed by atoms with Crippen LogP contribution in [0.3, 0.4) is 0 Å². The Kier molecular flexibility index (Phi) is 1.83. The second-order valence-electron chi connectivity index (χ2n) is 0.639. The first-order valence-electron chi connectivity index (χ1n) is 0.845. The predicted octanol–water partition coefficient (Wildman–Crippen LogP) is 2.91. The average Bonchev–Trinajstić information content (AvgIpc) is 0.650. The molecule has 0 bridgehead atoms. The van der Waals surface area contributed by atoms with Crippen molar-refractivity contribution in [3.8, 4) is 0 Å². The van der Waals surface area contributed by atoms with Crippen LogP contribution in [-0.4, -0.2) is 0 Å². The van der Waals surface area contributed by atoms with Crippen LogP contribution in [0.1, 0.15) is 0 Å². The summed E-state index contributed by atoms with van der Waals surface area (Å²) >= 11 is -6.38. The van der Waals surface area contributed by atoms with Gasteiger partial charge in [-0.25, -0.2) is 0 Å². The second-order valence-corrected chi connectivity index (χ2v) is 24.1. The van der Waals surface area contributed by atoms with Gasteiger partial charge in [0.1, 0.15) is 0 Å². The van der Waals surface area contributed by atoms with Crippen molar-refractivity contribution in [3.05, 3.63) is 0 Å². The molecule has 0 N–H and O–H groups in total. The first kappa shape index (κ1) is 7.47. The molecular weight excluding hydrogens is 325 g/mol. The van der Waals surface area contributed by atoms with E-state index in [1.54, 1.807) is 0 Å². The van der Waals surface area contributed by atoms with Crippen molar-refractivity contribution < 1.29 is 19.7 Å². The molecule has 0 saturated carbocycles. The molecule has 40 valence electrons. The summed E-state index contributed by atoms with van der Waals surface area (Å²) < 4.78 is 22.4. The van der Waals surface area contributed by atoms with E-state index in [4.69, 9.17) is 0 Å². The van der Waals surface area contributed by atoms with Crippen molar-refractivity contribution in [2.75, 3.05) is 0 Å². The second kappa shape index (κ2) is 1.47. The summed E-state index contributed by atoms with van der Waals surface area (Å²) in [6, 6.07) is 0. The third kappa shape index (κ3) is 50.6. The molecular formula is Cl3F2Ta. The molecule has 0 aromatic rings. The molecule has 0 aliphatic carbocycles. The summed E-state index contributed by atoms with van der Waals surface area (Å²) in [6.45, 7) is 0. The van der Waals surface area contributed by atoms with Gasteiger partial charge >= 0.3 is 47.3 Å². The van der Waals surface area contributed by atoms with Gasteiger partial charge in [-0.05, 0) is 0 Å². The first-order chi connectivity index (χ1) is 2.24. The minimum atomic E-state index is -6.38. The molecule has 0 radical (unpaired) electrons. The Morgan fingerprint density at radius 1 is 1.00 bits per heavy atom. The molecule has 0 nitrogen and oxygen atoms in total. The van der Waals surface area contributed by atoms with Crippen LogP contribution >= 0.6 is 27.6 Å². The number of hydrogen-bond acceptors (Lipinski definition) is 0. The summed E-state index contributed by atoms with van der Waals surface area (Å²) in [5.41, 5.74) is 0. The fraction of sp³-hybridized carbons (Fsp3) is 0. The topological polar surface area (TPSA) is 0 Å². The van der Waals surface area contributed by atoms with E-state index in [9.17, 15) is 6.05 Å². The minimum absolute atomic E-state index is 4.20. The van der Waals surface area contributed by atoms with Crippen LogP contribution in [-0.2, 0) is 13.7 Å². The summed E-state index contributed by atoms with van der Waals surface area (Å²) in [5.74, 6) is 0. The van der Waals surface area contributed by atoms with Crippen molar-refractivity contribution in [2.24, 2.45) is 0 Å². The molecule has 0 aliphatic rings. The van der Waals surface area contributed by atoms with Crippen molar-refractivity contribution in [3.63, 3.8) is 0 Å². The Labute approximate surface area is 47.2 Å². The molecule has 0 fully saturated rings. The van der Waals surface area contributed by atoms with Crippen LogP contribution < -0.4 is 0 Å². The molecule has 0 atom stereocenters. The van der Waals surface area contributed by atoms with E-state index in [1.165, 1.54) is 0 Å². The zero-order valence-corrected chi connectivity index (χ0v) is 7.82. The van der Waals surface area contributed by atoms with Gasteiger partial charge < -0.3 is 0 Å². The monoisotopic (exact) mass is 324 g/mol. The standard InChI is InChI=1S/3ClH.2FH.Ta/h5*1H;/q;;;;;+5/p-5. The molecule has 0 unspecified atom stereocenters. The molecule has 0 amide bonds. The quantitative estimate of drug-likeness (QED) is 0.642. The van der Waals surface area contributed by atoms with E-state index in [-0.39, 0.29) is 0 Å². The van der Waals surface area contributed by atoms with Crippen LogP contribution in [0.4, 0.5) is 6.05 Å². The Morgan fingerprint density at radius 3 is 1.00 bits per heavy atom. The van der Waals surface area contributed by atoms with Crippen molar-refractivity contribution in [2.45, 2.75) is 0 Å². The maximum absolute atomic E-state index is 11.2. The zero-order chi connectivity index (χ0) is 5.45. The normalized spacial score (nSPS) is 19.2. The van der Waals surface area contributed by atoms with Gasteiger partial charge in [-0.1, -0.05) is 0 Å². The van der Waals surface area contributed by atoms with E-state index < -0.39 is 13.7 Å². The molecule has 0 saturated heterocycles. The summed E-state index contributed by atoms with van der Waals surface area (Å²) in [7, 11) is 12.6. The molecule has 0 aromatic carbocycles. The Balaban J connectivity index is 3.73. The number of hydrogen-bond donors (Lipinski definition) is 0. The van der Waals surface area contributed by atoms with Crippen LogP contribution in [0.5, 0.6) is 0 Å². The van der Waals surface area contributed by atoms with E-state index in [0.29, 0.717) is 0 Å². The van der Waals surface area contributed by atoms with Gasteiger partial charge in [0.2, 0.25) is 0 Å². The van der Waals surface area contributed by atoms with Crippen LogP contribution in [0.25, 0.3) is 0 Å². The number of rotatable bonds is 0. The molecule has 0 rings (SSSR count). The molecule has 6 heavy (non-hydrogen) atoms. The fourth-order valence-corrected chi connectivity index (χ4v) is 0. The van der Waals surface area contributed by atoms with Crippen molar-refractivity contribution >= 4 is 27.6 Å². The van der Waals surface area contributed by atoms with E-state index in [0.717, 1.165) is 0 Å². The van der Waals surface area contributed by atoms with Crippen molar-refractivity contribution in [1.82, 2.24) is 0 Å². The van der Waals surface area contributed by atoms with Crippen LogP contribution in [0, 0.1) is 0 Å². The van der Waals surface area contributed by atoms with E-state index >= 15 is 0 Å². The molecule has 0 aromatic heterocycles. The predicted molar refractivity (Wildman–Crippen MR) is 19.8 cm³/mol. The first-order valence-corrected chi connectivity index (χ1v) is 15.2. The number of halogens is 5. The molecule has 0 heterocycles. The maximum atomic E-state index is 11.2. The summed E-state index contributed by atoms with van der Waals surface area (Å²) in [4.78, 5) is 0. The molecule has 0 spiro atoms. The van der Waals surface area contributed by atoms with Crippen LogP contribution in [0.2, 0.25) is 0 Å². The van der Waals surface area contributed by atoms with Gasteiger partial charge in [-0.15, -0.1) is 0 Å². The fourth-order valence-electron chi connectivity index (χ4n) is 0. The van der Waals surface area contributed by atoms with Gasteiger partial charge in [0.15, 0.2) is 0 Å². The summed E-state index contributed by atoms with van der Waals surface area (Å²) in [6.07, 6.45) is 0. The zero-order valence-electron chi connectivity index (χ0n) is 2.34. The van der Waals surface area contributed by atoms with Gasteiger partial charge in [0.05, 0.1) is 0 Å². The SMILES string of the molecule is [F][Ta]([F])([Cl])([Cl])[Cl]. The average molecular weight is 325 g/mol. The van der Waals surface area contributed by atoms with Gasteiger partial charge in [0, 0.05) is 0 Å². The Hall–Kier alpha value is 1.47.